The lowest BCUT2D eigenvalue weighted by Gasteiger charge is -2.26. The molecule has 6 heteroatoms. The smallest absolute Gasteiger partial charge is 0.254 e. The van der Waals surface area contributed by atoms with Gasteiger partial charge in [-0.2, -0.15) is 0 Å². The van der Waals surface area contributed by atoms with Gasteiger partial charge in [-0.25, -0.2) is 0 Å². The van der Waals surface area contributed by atoms with Gasteiger partial charge < -0.3 is 20.4 Å². The normalized spacial score (nSPS) is 25.2. The first-order valence-electron chi connectivity index (χ1n) is 7.98. The van der Waals surface area contributed by atoms with Crippen molar-refractivity contribution in [1.82, 2.24) is 10.2 Å². The third-order valence-electron chi connectivity index (χ3n) is 4.10. The van der Waals surface area contributed by atoms with Gasteiger partial charge in [0, 0.05) is 11.6 Å². The van der Waals surface area contributed by atoms with Crippen LogP contribution >= 0.6 is 0 Å². The number of nitrogens with zero attached hydrogens (tertiary/aromatic N) is 1. The Kier molecular flexibility index (Phi) is 5.74. The molecular weight excluding hydrogens is 296 g/mol. The lowest BCUT2D eigenvalue weighted by molar-refractivity contribution is -0.128. The van der Waals surface area contributed by atoms with Crippen molar-refractivity contribution in [3.05, 3.63) is 35.9 Å². The van der Waals surface area contributed by atoms with Crippen LogP contribution in [0.2, 0.25) is 0 Å². The number of nitrogens with one attached hydrogen (secondary N) is 1. The molecule has 1 aromatic carbocycles. The van der Waals surface area contributed by atoms with Crippen LogP contribution in [0.25, 0.3) is 0 Å². The van der Waals surface area contributed by atoms with E-state index in [1.165, 1.54) is 4.90 Å². The lowest BCUT2D eigenvalue weighted by atomic mass is 10.1. The molecule has 1 fully saturated rings. The van der Waals surface area contributed by atoms with E-state index < -0.39 is 24.2 Å². The topological polar surface area (TPSA) is 89.9 Å². The van der Waals surface area contributed by atoms with E-state index in [-0.39, 0.29) is 18.5 Å². The predicted octanol–water partition coefficient (Wildman–Crippen LogP) is 0.538. The molecule has 2 unspecified atom stereocenters. The number of carbonyl (C=O) groups is 2. The fourth-order valence-electron chi connectivity index (χ4n) is 2.90. The van der Waals surface area contributed by atoms with Gasteiger partial charge in [-0.15, -0.1) is 0 Å². The van der Waals surface area contributed by atoms with E-state index in [1.54, 1.807) is 30.3 Å². The number of amides is 2. The molecule has 1 aliphatic rings. The first kappa shape index (κ1) is 17.4. The maximum Gasteiger partial charge on any atom is 0.254 e. The van der Waals surface area contributed by atoms with E-state index in [2.05, 4.69) is 5.32 Å². The highest BCUT2D eigenvalue weighted by molar-refractivity contribution is 5.98. The van der Waals surface area contributed by atoms with E-state index >= 15 is 0 Å². The summed E-state index contributed by atoms with van der Waals surface area (Å²) >= 11 is 0. The van der Waals surface area contributed by atoms with E-state index in [0.717, 1.165) is 12.8 Å². The van der Waals surface area contributed by atoms with Crippen molar-refractivity contribution in [3.63, 3.8) is 0 Å². The van der Waals surface area contributed by atoms with Crippen LogP contribution in [0.3, 0.4) is 0 Å². The largest absolute Gasteiger partial charge is 0.388 e. The third-order valence-corrected chi connectivity index (χ3v) is 4.10. The third kappa shape index (κ3) is 3.89. The zero-order chi connectivity index (χ0) is 17.0. The van der Waals surface area contributed by atoms with Crippen LogP contribution in [0.4, 0.5) is 0 Å². The van der Waals surface area contributed by atoms with Crippen LogP contribution in [0.5, 0.6) is 0 Å². The van der Waals surface area contributed by atoms with E-state index in [4.69, 9.17) is 0 Å². The average Bonchev–Trinajstić information content (AvgIpc) is 2.83. The van der Waals surface area contributed by atoms with Gasteiger partial charge in [0.15, 0.2) is 0 Å². The van der Waals surface area contributed by atoms with Crippen LogP contribution in [-0.4, -0.2) is 57.8 Å². The molecule has 2 amide bonds. The van der Waals surface area contributed by atoms with E-state index in [1.807, 2.05) is 13.8 Å². The molecule has 1 heterocycles. The fourth-order valence-corrected chi connectivity index (χ4v) is 2.90. The molecule has 0 aliphatic carbocycles. The summed E-state index contributed by atoms with van der Waals surface area (Å²) in [6.45, 7) is 3.83. The van der Waals surface area contributed by atoms with Crippen molar-refractivity contribution in [2.45, 2.75) is 51.0 Å². The summed E-state index contributed by atoms with van der Waals surface area (Å²) < 4.78 is 0. The first-order chi connectivity index (χ1) is 11.0. The Morgan fingerprint density at radius 2 is 1.96 bits per heavy atom. The second-order valence-electron chi connectivity index (χ2n) is 6.02. The number of aliphatic hydroxyl groups excluding tert-OH is 2. The van der Waals surface area contributed by atoms with Crippen LogP contribution in [0.1, 0.15) is 37.0 Å². The second-order valence-corrected chi connectivity index (χ2v) is 6.02. The number of carbonyl (C=O) groups excluding carboxylic acids is 2. The highest BCUT2D eigenvalue weighted by atomic mass is 16.3. The molecule has 126 valence electrons. The Hall–Kier alpha value is -1.92. The molecule has 0 radical (unpaired) electrons. The fraction of sp³-hybridized carbons (Fsp3) is 0.529. The number of likely N-dealkylation sites (tertiary alicyclic amines) is 1. The zero-order valence-corrected chi connectivity index (χ0v) is 13.5. The van der Waals surface area contributed by atoms with Gasteiger partial charge in [0.05, 0.1) is 6.54 Å². The van der Waals surface area contributed by atoms with Crippen LogP contribution in [0.15, 0.2) is 30.3 Å². The minimum Gasteiger partial charge on any atom is -0.388 e. The standard InChI is InChI=1S/C17H24N2O4/c1-3-7-11(2)18-16(22)14-15(21)13(20)10-19(14)17(23)12-8-5-4-6-9-12/h4-6,8-9,11,13-15,20-21H,3,7,10H2,1-2H3,(H,18,22)/t11?,13-,14?,15+/m0/s1. The van der Waals surface area contributed by atoms with Crippen LogP contribution < -0.4 is 5.32 Å². The molecule has 6 nitrogen and oxygen atoms in total. The van der Waals surface area contributed by atoms with Crippen molar-refractivity contribution >= 4 is 11.8 Å². The summed E-state index contributed by atoms with van der Waals surface area (Å²) in [6.07, 6.45) is -0.676. The van der Waals surface area contributed by atoms with Gasteiger partial charge in [-0.3, -0.25) is 9.59 Å². The number of rotatable bonds is 5. The molecule has 0 saturated carbocycles. The van der Waals surface area contributed by atoms with Crippen molar-refractivity contribution < 1.29 is 19.8 Å². The summed E-state index contributed by atoms with van der Waals surface area (Å²) in [5.41, 5.74) is 0.424. The molecule has 1 aromatic rings. The molecule has 23 heavy (non-hydrogen) atoms. The summed E-state index contributed by atoms with van der Waals surface area (Å²) in [6, 6.07) is 7.43. The summed E-state index contributed by atoms with van der Waals surface area (Å²) in [5, 5.41) is 22.8. The Labute approximate surface area is 136 Å². The number of hydrogen-bond donors (Lipinski definition) is 3. The number of aliphatic hydroxyl groups is 2. The quantitative estimate of drug-likeness (QED) is 0.738. The van der Waals surface area contributed by atoms with Gasteiger partial charge in [-0.05, 0) is 25.5 Å². The second kappa shape index (κ2) is 7.57. The molecule has 0 aromatic heterocycles. The number of hydrogen-bond acceptors (Lipinski definition) is 4. The van der Waals surface area contributed by atoms with Gasteiger partial charge in [0.25, 0.3) is 5.91 Å². The molecule has 4 atom stereocenters. The van der Waals surface area contributed by atoms with Crippen molar-refractivity contribution in [1.29, 1.82) is 0 Å². The number of benzene rings is 1. The first-order valence-corrected chi connectivity index (χ1v) is 7.98. The average molecular weight is 320 g/mol. The van der Waals surface area contributed by atoms with Crippen molar-refractivity contribution in [2.75, 3.05) is 6.54 Å². The van der Waals surface area contributed by atoms with Crippen LogP contribution in [-0.2, 0) is 4.79 Å². The van der Waals surface area contributed by atoms with Gasteiger partial charge in [-0.1, -0.05) is 31.5 Å². The maximum absolute atomic E-state index is 12.6. The molecule has 3 N–H and O–H groups in total. The van der Waals surface area contributed by atoms with Gasteiger partial charge >= 0.3 is 0 Å². The van der Waals surface area contributed by atoms with Crippen LogP contribution in [0, 0.1) is 0 Å². The molecular formula is C17H24N2O4. The molecule has 0 bridgehead atoms. The Morgan fingerprint density at radius 1 is 1.30 bits per heavy atom. The maximum atomic E-state index is 12.6. The highest BCUT2D eigenvalue weighted by Gasteiger charge is 2.46. The minimum atomic E-state index is -1.28. The van der Waals surface area contributed by atoms with E-state index in [9.17, 15) is 19.8 Å². The Morgan fingerprint density at radius 3 is 2.57 bits per heavy atom. The molecule has 0 spiro atoms. The Bertz CT molecular complexity index is 549. The lowest BCUT2D eigenvalue weighted by Crippen LogP contribution is -2.52. The predicted molar refractivity (Wildman–Crippen MR) is 85.8 cm³/mol. The number of β-amino-alcohol motifs (C(OH)–C–C–N with tert-alkyl or cyclic N) is 1. The molecule has 1 aliphatic heterocycles. The van der Waals surface area contributed by atoms with Crippen molar-refractivity contribution in [3.8, 4) is 0 Å². The van der Waals surface area contributed by atoms with Gasteiger partial charge in [0.1, 0.15) is 18.2 Å². The summed E-state index contributed by atoms with van der Waals surface area (Å²) in [7, 11) is 0. The van der Waals surface area contributed by atoms with Crippen molar-refractivity contribution in [2.24, 2.45) is 0 Å². The minimum absolute atomic E-state index is 0.0499. The zero-order valence-electron chi connectivity index (χ0n) is 13.5. The van der Waals surface area contributed by atoms with Gasteiger partial charge in [0.2, 0.25) is 5.91 Å². The summed E-state index contributed by atoms with van der Waals surface area (Å²) in [5.74, 6) is -0.802. The monoisotopic (exact) mass is 320 g/mol. The highest BCUT2D eigenvalue weighted by Crippen LogP contribution is 2.22. The molecule has 2 rings (SSSR count). The Balaban J connectivity index is 2.17. The van der Waals surface area contributed by atoms with E-state index in [0.29, 0.717) is 5.56 Å². The SMILES string of the molecule is CCCC(C)NC(=O)C1[C@H](O)[C@@H](O)CN1C(=O)c1ccccc1. The summed E-state index contributed by atoms with van der Waals surface area (Å²) in [4.78, 5) is 26.3. The molecule has 1 saturated heterocycles.